The third-order valence-electron chi connectivity index (χ3n) is 6.11. The molecule has 1 atom stereocenters. The number of nitrogens with one attached hydrogen (secondary N) is 2. The molecule has 1 amide bonds. The highest BCUT2D eigenvalue weighted by Crippen LogP contribution is 2.26. The summed E-state index contributed by atoms with van der Waals surface area (Å²) in [6, 6.07) is 28.6. The Bertz CT molecular complexity index is 1450. The average molecular weight is 478 g/mol. The molecular formula is C30H27N3O3. The van der Waals surface area contributed by atoms with Crippen LogP contribution in [0.3, 0.4) is 0 Å². The molecule has 0 spiro atoms. The van der Waals surface area contributed by atoms with E-state index in [-0.39, 0.29) is 18.4 Å². The zero-order valence-corrected chi connectivity index (χ0v) is 20.0. The third kappa shape index (κ3) is 5.89. The zero-order valence-electron chi connectivity index (χ0n) is 20.0. The molecule has 0 fully saturated rings. The van der Waals surface area contributed by atoms with Gasteiger partial charge < -0.3 is 15.7 Å². The van der Waals surface area contributed by atoms with Crippen LogP contribution in [0.1, 0.15) is 52.9 Å². The van der Waals surface area contributed by atoms with Gasteiger partial charge in [0.15, 0.2) is 0 Å². The van der Waals surface area contributed by atoms with Crippen molar-refractivity contribution >= 4 is 34.0 Å². The topological polar surface area (TPSA) is 102 Å². The third-order valence-corrected chi connectivity index (χ3v) is 6.11. The van der Waals surface area contributed by atoms with Gasteiger partial charge in [-0.3, -0.25) is 9.59 Å². The van der Waals surface area contributed by atoms with Gasteiger partial charge in [0.25, 0.3) is 5.91 Å². The molecular weight excluding hydrogens is 450 g/mol. The molecule has 0 saturated carbocycles. The van der Waals surface area contributed by atoms with Crippen LogP contribution in [-0.2, 0) is 11.2 Å². The molecule has 0 bridgehead atoms. The molecule has 36 heavy (non-hydrogen) atoms. The summed E-state index contributed by atoms with van der Waals surface area (Å²) in [6.07, 6.45) is 0.946. The molecule has 3 N–H and O–H groups in total. The van der Waals surface area contributed by atoms with Gasteiger partial charge in [-0.05, 0) is 72.0 Å². The Labute approximate surface area is 210 Å². The fraction of sp³-hybridized carbons (Fsp3) is 0.167. The number of rotatable bonds is 9. The van der Waals surface area contributed by atoms with E-state index in [1.807, 2.05) is 67.6 Å². The molecule has 0 aromatic heterocycles. The minimum atomic E-state index is -0.860. The first kappa shape index (κ1) is 24.5. The van der Waals surface area contributed by atoms with E-state index in [1.165, 1.54) is 0 Å². The van der Waals surface area contributed by atoms with Crippen LogP contribution >= 0.6 is 0 Å². The van der Waals surface area contributed by atoms with Crippen molar-refractivity contribution < 1.29 is 14.7 Å². The van der Waals surface area contributed by atoms with Gasteiger partial charge in [-0.2, -0.15) is 5.26 Å². The van der Waals surface area contributed by atoms with Crippen molar-refractivity contribution in [3.05, 3.63) is 107 Å². The Hall–Kier alpha value is -4.63. The number of nitrogens with zero attached hydrogens (tertiary/aromatic N) is 1. The predicted octanol–water partition coefficient (Wildman–Crippen LogP) is 6.35. The number of hydrogen-bond acceptors (Lipinski definition) is 4. The van der Waals surface area contributed by atoms with Crippen molar-refractivity contribution in [3.63, 3.8) is 0 Å². The maximum absolute atomic E-state index is 13.5. The van der Waals surface area contributed by atoms with Crippen LogP contribution in [-0.4, -0.2) is 17.0 Å². The van der Waals surface area contributed by atoms with E-state index in [0.29, 0.717) is 29.7 Å². The quantitative estimate of drug-likeness (QED) is 0.261. The SMILES string of the molecule is C[C@@H](NC(=O)c1cc(Nc2cccc(C#N)c2)ccc1CCCC(=O)O)c1cccc2ccccc12. The fourth-order valence-corrected chi connectivity index (χ4v) is 4.33. The predicted molar refractivity (Wildman–Crippen MR) is 141 cm³/mol. The number of nitriles is 1. The van der Waals surface area contributed by atoms with E-state index in [9.17, 15) is 14.9 Å². The Kier molecular flexibility index (Phi) is 7.62. The van der Waals surface area contributed by atoms with Gasteiger partial charge in [-0.25, -0.2) is 0 Å². The molecule has 0 radical (unpaired) electrons. The number of fused-ring (bicyclic) bond motifs is 1. The van der Waals surface area contributed by atoms with Crippen molar-refractivity contribution in [1.29, 1.82) is 5.26 Å². The molecule has 0 saturated heterocycles. The molecule has 4 aromatic carbocycles. The summed E-state index contributed by atoms with van der Waals surface area (Å²) < 4.78 is 0. The molecule has 0 heterocycles. The first-order chi connectivity index (χ1) is 17.4. The second-order valence-electron chi connectivity index (χ2n) is 8.70. The lowest BCUT2D eigenvalue weighted by Gasteiger charge is -2.19. The van der Waals surface area contributed by atoms with Crippen LogP contribution in [0, 0.1) is 11.3 Å². The second-order valence-corrected chi connectivity index (χ2v) is 8.70. The number of carboxylic acids is 1. The summed E-state index contributed by atoms with van der Waals surface area (Å²) in [7, 11) is 0. The molecule has 0 aliphatic heterocycles. The van der Waals surface area contributed by atoms with Gasteiger partial charge in [0.05, 0.1) is 17.7 Å². The minimum absolute atomic E-state index is 0.0361. The summed E-state index contributed by atoms with van der Waals surface area (Å²) in [4.78, 5) is 24.5. The largest absolute Gasteiger partial charge is 0.481 e. The van der Waals surface area contributed by atoms with E-state index >= 15 is 0 Å². The highest BCUT2D eigenvalue weighted by atomic mass is 16.4. The molecule has 0 aliphatic carbocycles. The number of amides is 1. The van der Waals surface area contributed by atoms with Crippen molar-refractivity contribution in [2.45, 2.75) is 32.2 Å². The smallest absolute Gasteiger partial charge is 0.303 e. The van der Waals surface area contributed by atoms with Crippen molar-refractivity contribution in [2.24, 2.45) is 0 Å². The standard InChI is InChI=1S/C30H27N3O3/c1-20(26-13-5-9-22-8-2-3-12-27(22)26)32-30(36)28-18-25(16-15-23(28)10-6-14-29(34)35)33-24-11-4-7-21(17-24)19-31/h2-5,7-9,11-13,15-18,20,33H,6,10,14H2,1H3,(H,32,36)(H,34,35)/t20-/m1/s1. The maximum Gasteiger partial charge on any atom is 0.303 e. The number of aliphatic carboxylic acids is 1. The Morgan fingerprint density at radius 1 is 0.944 bits per heavy atom. The first-order valence-corrected chi connectivity index (χ1v) is 11.8. The summed E-state index contributed by atoms with van der Waals surface area (Å²) in [5, 5.41) is 26.8. The number of carbonyl (C=O) groups excluding carboxylic acids is 1. The summed E-state index contributed by atoms with van der Waals surface area (Å²) in [5.41, 5.74) is 4.28. The van der Waals surface area contributed by atoms with Crippen LogP contribution in [0.2, 0.25) is 0 Å². The average Bonchev–Trinajstić information content (AvgIpc) is 2.88. The lowest BCUT2D eigenvalue weighted by molar-refractivity contribution is -0.137. The second kappa shape index (κ2) is 11.2. The van der Waals surface area contributed by atoms with Crippen LogP contribution in [0.5, 0.6) is 0 Å². The highest BCUT2D eigenvalue weighted by molar-refractivity contribution is 5.97. The summed E-state index contributed by atoms with van der Waals surface area (Å²) in [6.45, 7) is 1.96. The number of carboxylic acid groups (broad SMARTS) is 1. The van der Waals surface area contributed by atoms with Crippen molar-refractivity contribution in [2.75, 3.05) is 5.32 Å². The molecule has 0 unspecified atom stereocenters. The van der Waals surface area contributed by atoms with E-state index < -0.39 is 5.97 Å². The van der Waals surface area contributed by atoms with Crippen LogP contribution in [0.25, 0.3) is 10.8 Å². The molecule has 0 aliphatic rings. The van der Waals surface area contributed by atoms with E-state index in [1.54, 1.807) is 24.3 Å². The van der Waals surface area contributed by atoms with Gasteiger partial charge in [0.2, 0.25) is 0 Å². The molecule has 4 rings (SSSR count). The number of hydrogen-bond donors (Lipinski definition) is 3. The Morgan fingerprint density at radius 3 is 2.50 bits per heavy atom. The van der Waals surface area contributed by atoms with Crippen LogP contribution < -0.4 is 10.6 Å². The van der Waals surface area contributed by atoms with E-state index in [2.05, 4.69) is 16.7 Å². The molecule has 6 nitrogen and oxygen atoms in total. The lowest BCUT2D eigenvalue weighted by Crippen LogP contribution is -2.28. The van der Waals surface area contributed by atoms with Crippen molar-refractivity contribution in [1.82, 2.24) is 5.32 Å². The van der Waals surface area contributed by atoms with Gasteiger partial charge in [0.1, 0.15) is 0 Å². The maximum atomic E-state index is 13.5. The minimum Gasteiger partial charge on any atom is -0.481 e. The molecule has 180 valence electrons. The van der Waals surface area contributed by atoms with Crippen LogP contribution in [0.4, 0.5) is 11.4 Å². The van der Waals surface area contributed by atoms with Gasteiger partial charge in [-0.1, -0.05) is 54.6 Å². The van der Waals surface area contributed by atoms with Gasteiger partial charge in [-0.15, -0.1) is 0 Å². The number of aryl methyl sites for hydroxylation is 1. The first-order valence-electron chi connectivity index (χ1n) is 11.8. The molecule has 6 heteroatoms. The van der Waals surface area contributed by atoms with E-state index in [4.69, 9.17) is 5.11 Å². The highest BCUT2D eigenvalue weighted by Gasteiger charge is 2.17. The lowest BCUT2D eigenvalue weighted by atomic mass is 9.97. The van der Waals surface area contributed by atoms with Gasteiger partial charge in [0, 0.05) is 23.4 Å². The summed E-state index contributed by atoms with van der Waals surface area (Å²) >= 11 is 0. The Balaban J connectivity index is 1.61. The van der Waals surface area contributed by atoms with Crippen LogP contribution in [0.15, 0.2) is 84.9 Å². The Morgan fingerprint density at radius 2 is 1.69 bits per heavy atom. The summed E-state index contributed by atoms with van der Waals surface area (Å²) in [5.74, 6) is -1.09. The monoisotopic (exact) mass is 477 g/mol. The van der Waals surface area contributed by atoms with Gasteiger partial charge >= 0.3 is 5.97 Å². The molecule has 4 aromatic rings. The fourth-order valence-electron chi connectivity index (χ4n) is 4.33. The van der Waals surface area contributed by atoms with E-state index in [0.717, 1.165) is 27.6 Å². The van der Waals surface area contributed by atoms with Crippen molar-refractivity contribution in [3.8, 4) is 6.07 Å². The number of anilines is 2. The normalized spacial score (nSPS) is 11.4. The number of carbonyl (C=O) groups is 2. The zero-order chi connectivity index (χ0) is 25.5. The number of benzene rings is 4.